The topological polar surface area (TPSA) is 146 Å². The third kappa shape index (κ3) is 8.91. The Kier molecular flexibility index (Phi) is 12.1. The Hall–Kier alpha value is -4.17. The van der Waals surface area contributed by atoms with Crippen LogP contribution in [0.1, 0.15) is 11.1 Å². The quantitative estimate of drug-likeness (QED) is 0.215. The van der Waals surface area contributed by atoms with Gasteiger partial charge >= 0.3 is 16.8 Å². The molecule has 0 fully saturated rings. The first kappa shape index (κ1) is 33.0. The molecule has 0 unspecified atom stereocenters. The maximum Gasteiger partial charge on any atom is 2.00 e. The maximum atomic E-state index is 12.2. The van der Waals surface area contributed by atoms with Crippen LogP contribution in [0.25, 0.3) is 0 Å². The summed E-state index contributed by atoms with van der Waals surface area (Å²) in [4.78, 5) is 0.296. The van der Waals surface area contributed by atoms with Gasteiger partial charge in [0.25, 0.3) is 20.0 Å². The van der Waals surface area contributed by atoms with Gasteiger partial charge < -0.3 is 10.2 Å². The van der Waals surface area contributed by atoms with Crippen molar-refractivity contribution in [1.29, 1.82) is 0 Å². The van der Waals surface area contributed by atoms with E-state index in [0.717, 1.165) is 8.83 Å². The molecule has 0 aliphatic heterocycles. The zero-order chi connectivity index (χ0) is 29.2. The van der Waals surface area contributed by atoms with Gasteiger partial charge in [0, 0.05) is 14.1 Å². The van der Waals surface area contributed by atoms with Gasteiger partial charge in [0.15, 0.2) is 0 Å². The molecule has 0 aliphatic carbocycles. The van der Waals surface area contributed by atoms with Crippen LogP contribution < -0.4 is 10.2 Å². The molecule has 0 heterocycles. The minimum atomic E-state index is -3.69. The summed E-state index contributed by atoms with van der Waals surface area (Å²) in [5.41, 5.74) is 0.672. The molecule has 41 heavy (non-hydrogen) atoms. The van der Waals surface area contributed by atoms with Crippen molar-refractivity contribution in [2.75, 3.05) is 14.1 Å². The number of hydrogen-bond donors (Lipinski definition) is 0. The van der Waals surface area contributed by atoms with Crippen LogP contribution in [0.15, 0.2) is 129 Å². The van der Waals surface area contributed by atoms with Crippen molar-refractivity contribution in [1.82, 2.24) is 8.83 Å². The number of rotatable bonds is 8. The van der Waals surface area contributed by atoms with Gasteiger partial charge in [-0.25, -0.2) is 0 Å². The predicted octanol–water partition coefficient (Wildman–Crippen LogP) is 2.83. The second-order valence-electron chi connectivity index (χ2n) is 8.07. The summed E-state index contributed by atoms with van der Waals surface area (Å²) in [5, 5.41) is 30.6. The van der Waals surface area contributed by atoms with Crippen LogP contribution in [0.2, 0.25) is 0 Å². The summed E-state index contributed by atoms with van der Waals surface area (Å²) in [6, 6.07) is 28.5. The van der Waals surface area contributed by atoms with Gasteiger partial charge in [0.1, 0.15) is 0 Å². The van der Waals surface area contributed by atoms with Crippen LogP contribution in [0.3, 0.4) is 0 Å². The summed E-state index contributed by atoms with van der Waals surface area (Å²) in [5.74, 6) is -0.413. The maximum absolute atomic E-state index is 12.2. The van der Waals surface area contributed by atoms with E-state index in [1.54, 1.807) is 72.8 Å². The van der Waals surface area contributed by atoms with E-state index in [0.29, 0.717) is 11.1 Å². The third-order valence-corrected chi connectivity index (χ3v) is 8.65. The van der Waals surface area contributed by atoms with Crippen LogP contribution in [-0.4, -0.2) is 52.2 Å². The van der Waals surface area contributed by atoms with Crippen molar-refractivity contribution >= 4 is 32.5 Å². The summed E-state index contributed by atoms with van der Waals surface area (Å²) >= 11 is 0. The van der Waals surface area contributed by atoms with Crippen molar-refractivity contribution in [3.63, 3.8) is 0 Å². The Morgan fingerprint density at radius 1 is 0.537 bits per heavy atom. The first-order valence-corrected chi connectivity index (χ1v) is 14.6. The van der Waals surface area contributed by atoms with Crippen LogP contribution in [0.4, 0.5) is 0 Å². The molecule has 4 aromatic rings. The fourth-order valence-corrected chi connectivity index (χ4v) is 5.03. The fourth-order valence-electron chi connectivity index (χ4n) is 3.08. The SMILES string of the molecule is CN(/N=C/c1ccccc1[O-])S(=O)(=O)c1ccccc1.CN(/N=C/c1ccccc1[O-])S(=O)(=O)c1ccccc1.[Co+2]. The normalized spacial score (nSPS) is 11.4. The number of para-hydroxylation sites is 2. The molecule has 0 saturated heterocycles. The molecular weight excluding hydrogens is 611 g/mol. The Labute approximate surface area is 250 Å². The first-order chi connectivity index (χ1) is 19.0. The Bertz CT molecular complexity index is 1560. The van der Waals surface area contributed by atoms with Crippen molar-refractivity contribution in [2.45, 2.75) is 9.79 Å². The summed E-state index contributed by atoms with van der Waals surface area (Å²) in [6.45, 7) is 0. The smallest absolute Gasteiger partial charge is 0.872 e. The zero-order valence-electron chi connectivity index (χ0n) is 21.9. The second kappa shape index (κ2) is 15.0. The van der Waals surface area contributed by atoms with E-state index in [1.807, 2.05) is 0 Å². The van der Waals surface area contributed by atoms with E-state index in [1.165, 1.54) is 62.9 Å². The zero-order valence-corrected chi connectivity index (χ0v) is 24.6. The summed E-state index contributed by atoms with van der Waals surface area (Å²) in [7, 11) is -4.73. The van der Waals surface area contributed by atoms with E-state index >= 15 is 0 Å². The van der Waals surface area contributed by atoms with Gasteiger partial charge in [-0.1, -0.05) is 96.4 Å². The number of benzene rings is 4. The molecule has 0 spiro atoms. The molecule has 0 aliphatic rings. The van der Waals surface area contributed by atoms with Crippen molar-refractivity contribution < 1.29 is 43.8 Å². The molecule has 4 aromatic carbocycles. The molecule has 0 saturated carbocycles. The van der Waals surface area contributed by atoms with E-state index in [-0.39, 0.29) is 38.1 Å². The predicted molar refractivity (Wildman–Crippen MR) is 150 cm³/mol. The fraction of sp³-hybridized carbons (Fsp3) is 0.0714. The molecule has 215 valence electrons. The average Bonchev–Trinajstić information content (AvgIpc) is 2.97. The van der Waals surface area contributed by atoms with Gasteiger partial charge in [-0.05, 0) is 35.4 Å². The molecule has 0 amide bonds. The van der Waals surface area contributed by atoms with E-state index < -0.39 is 20.0 Å². The van der Waals surface area contributed by atoms with Gasteiger partial charge in [0.05, 0.1) is 22.2 Å². The van der Waals surface area contributed by atoms with E-state index in [9.17, 15) is 27.0 Å². The number of nitrogens with zero attached hydrogens (tertiary/aromatic N) is 4. The van der Waals surface area contributed by atoms with Crippen molar-refractivity contribution in [3.8, 4) is 11.5 Å². The minimum Gasteiger partial charge on any atom is -0.872 e. The van der Waals surface area contributed by atoms with Crippen LogP contribution >= 0.6 is 0 Å². The largest absolute Gasteiger partial charge is 2.00 e. The standard InChI is InChI=1S/2C14H14N2O3S.Co/c2*1-16(15-11-12-7-5-6-10-14(12)17)20(18,19)13-8-3-2-4-9-13;/h2*2-11,17H,1H3;/q;;+2/p-2/b2*15-11+;. The van der Waals surface area contributed by atoms with E-state index in [2.05, 4.69) is 10.2 Å². The molecule has 1 radical (unpaired) electrons. The molecule has 0 atom stereocenters. The van der Waals surface area contributed by atoms with Crippen molar-refractivity contribution in [3.05, 3.63) is 120 Å². The summed E-state index contributed by atoms with van der Waals surface area (Å²) in [6.07, 6.45) is 2.48. The third-order valence-electron chi connectivity index (χ3n) is 5.33. The van der Waals surface area contributed by atoms with Crippen molar-refractivity contribution in [2.24, 2.45) is 10.2 Å². The molecule has 0 aromatic heterocycles. The molecule has 10 nitrogen and oxygen atoms in total. The molecular formula is C28H26CoN4O6S2. The van der Waals surface area contributed by atoms with Gasteiger partial charge in [0.2, 0.25) is 0 Å². The Morgan fingerprint density at radius 2 is 0.829 bits per heavy atom. The molecule has 0 N–H and O–H groups in total. The first-order valence-electron chi connectivity index (χ1n) is 11.7. The van der Waals surface area contributed by atoms with Crippen LogP contribution in [0.5, 0.6) is 11.5 Å². The second-order valence-corrected chi connectivity index (χ2v) is 12.0. The molecule has 4 rings (SSSR count). The average molecular weight is 638 g/mol. The number of hydrogen-bond acceptors (Lipinski definition) is 8. The molecule has 13 heteroatoms. The van der Waals surface area contributed by atoms with Gasteiger partial charge in [-0.3, -0.25) is 0 Å². The van der Waals surface area contributed by atoms with Gasteiger partial charge in [-0.2, -0.15) is 35.9 Å². The number of hydrazone groups is 2. The monoisotopic (exact) mass is 637 g/mol. The van der Waals surface area contributed by atoms with Gasteiger partial charge in [-0.15, -0.1) is 0 Å². The number of sulfonamides is 2. The Morgan fingerprint density at radius 3 is 1.15 bits per heavy atom. The van der Waals surface area contributed by atoms with E-state index in [4.69, 9.17) is 0 Å². The molecule has 0 bridgehead atoms. The van der Waals surface area contributed by atoms with Crippen LogP contribution in [0, 0.1) is 0 Å². The van der Waals surface area contributed by atoms with Crippen LogP contribution in [-0.2, 0) is 36.8 Å². The minimum absolute atomic E-state index is 0. The summed E-state index contributed by atoms with van der Waals surface area (Å²) < 4.78 is 50.4. The Balaban J connectivity index is 0.000000280.